The van der Waals surface area contributed by atoms with Crippen molar-refractivity contribution in [1.29, 1.82) is 0 Å². The minimum absolute atomic E-state index is 0.249. The maximum absolute atomic E-state index is 12.7. The lowest BCUT2D eigenvalue weighted by atomic mass is 10.1. The molecule has 0 saturated heterocycles. The van der Waals surface area contributed by atoms with Gasteiger partial charge in [-0.05, 0) is 36.8 Å². The van der Waals surface area contributed by atoms with E-state index in [1.807, 2.05) is 24.0 Å². The number of amides is 2. The molecule has 0 bridgehead atoms. The molecule has 3 aromatic rings. The number of para-hydroxylation sites is 1. The predicted octanol–water partition coefficient (Wildman–Crippen LogP) is 1.14. The summed E-state index contributed by atoms with van der Waals surface area (Å²) in [6, 6.07) is 13.3. The second-order valence-electron chi connectivity index (χ2n) is 5.98. The number of aryl methyl sites for hydroxylation is 1. The minimum atomic E-state index is -0.818. The van der Waals surface area contributed by atoms with Crippen molar-refractivity contribution in [3.63, 3.8) is 0 Å². The summed E-state index contributed by atoms with van der Waals surface area (Å²) in [6.07, 6.45) is 1.02. The summed E-state index contributed by atoms with van der Waals surface area (Å²) in [4.78, 5) is 51.9. The summed E-state index contributed by atoms with van der Waals surface area (Å²) in [7, 11) is 0. The maximum Gasteiger partial charge on any atom is 0.325 e. The average molecular weight is 379 g/mol. The summed E-state index contributed by atoms with van der Waals surface area (Å²) < 4.78 is 0. The predicted molar refractivity (Wildman–Crippen MR) is 104 cm³/mol. The van der Waals surface area contributed by atoms with Gasteiger partial charge in [-0.25, -0.2) is 15.6 Å². The van der Waals surface area contributed by atoms with Gasteiger partial charge in [0.05, 0.1) is 5.69 Å². The number of nitrogens with zero attached hydrogens (tertiary/aromatic N) is 1. The summed E-state index contributed by atoms with van der Waals surface area (Å²) in [5, 5.41) is 3.54. The van der Waals surface area contributed by atoms with E-state index in [1.54, 1.807) is 30.3 Å². The van der Waals surface area contributed by atoms with E-state index in [0.717, 1.165) is 16.8 Å². The number of carbonyl (C=O) groups excluding carboxylic acids is 2. The van der Waals surface area contributed by atoms with Crippen LogP contribution in [0, 0.1) is 6.92 Å². The molecule has 1 heterocycles. The molecule has 1 aromatic heterocycles. The average Bonchev–Trinajstić information content (AvgIpc) is 2.67. The molecule has 0 spiro atoms. The number of hydrogen-bond acceptors (Lipinski definition) is 5. The van der Waals surface area contributed by atoms with Crippen molar-refractivity contribution in [2.75, 3.05) is 10.3 Å². The van der Waals surface area contributed by atoms with Crippen LogP contribution in [0.15, 0.2) is 64.3 Å². The Bertz CT molecular complexity index is 1160. The Morgan fingerprint density at radius 2 is 1.82 bits per heavy atom. The molecule has 0 aliphatic heterocycles. The van der Waals surface area contributed by atoms with E-state index in [2.05, 4.69) is 10.3 Å². The number of nitrogens with two attached hydrogens (primary N) is 1. The Morgan fingerprint density at radius 3 is 2.54 bits per heavy atom. The number of anilines is 2. The number of benzene rings is 2. The molecule has 0 fully saturated rings. The van der Waals surface area contributed by atoms with Crippen molar-refractivity contribution in [2.45, 2.75) is 6.92 Å². The first-order valence-corrected chi connectivity index (χ1v) is 8.25. The molecule has 0 saturated carbocycles. The van der Waals surface area contributed by atoms with Gasteiger partial charge in [0.2, 0.25) is 0 Å². The van der Waals surface area contributed by atoms with Crippen LogP contribution in [-0.4, -0.2) is 21.8 Å². The number of H-pyrrole nitrogens is 2. The van der Waals surface area contributed by atoms with Crippen molar-refractivity contribution in [3.8, 4) is 0 Å². The fraction of sp³-hybridized carbons (Fsp3) is 0.0526. The summed E-state index contributed by atoms with van der Waals surface area (Å²) in [5.41, 5.74) is 0.131. The van der Waals surface area contributed by atoms with Gasteiger partial charge in [0.1, 0.15) is 5.56 Å². The number of rotatable bonds is 4. The van der Waals surface area contributed by atoms with Crippen LogP contribution in [0.2, 0.25) is 0 Å². The second kappa shape index (κ2) is 7.72. The normalized spacial score (nSPS) is 10.4. The zero-order chi connectivity index (χ0) is 20.3. The second-order valence-corrected chi connectivity index (χ2v) is 5.98. The number of aromatic amines is 2. The van der Waals surface area contributed by atoms with Crippen molar-refractivity contribution in [3.05, 3.63) is 92.3 Å². The van der Waals surface area contributed by atoms with Gasteiger partial charge in [-0.15, -0.1) is 0 Å². The smallest absolute Gasteiger partial charge is 0.322 e. The molecule has 0 radical (unpaired) electrons. The highest BCUT2D eigenvalue weighted by molar-refractivity contribution is 6.08. The van der Waals surface area contributed by atoms with Crippen LogP contribution in [0.5, 0.6) is 0 Å². The van der Waals surface area contributed by atoms with Crippen LogP contribution < -0.4 is 27.4 Å². The van der Waals surface area contributed by atoms with Gasteiger partial charge in [0.25, 0.3) is 17.4 Å². The van der Waals surface area contributed by atoms with Gasteiger partial charge >= 0.3 is 5.69 Å². The topological polar surface area (TPSA) is 141 Å². The molecule has 9 nitrogen and oxygen atoms in total. The van der Waals surface area contributed by atoms with E-state index in [9.17, 15) is 19.2 Å². The SMILES string of the molecule is Cc1ccccc1N(N)C(=O)c1cccc(NC(=O)c2c[nH]c(=O)[nH]c2=O)c1. The van der Waals surface area contributed by atoms with Crippen LogP contribution in [-0.2, 0) is 0 Å². The van der Waals surface area contributed by atoms with Crippen molar-refractivity contribution >= 4 is 23.2 Å². The number of hydrogen-bond donors (Lipinski definition) is 4. The zero-order valence-corrected chi connectivity index (χ0v) is 14.9. The Kier molecular flexibility index (Phi) is 5.18. The molecule has 0 atom stereocenters. The molecule has 142 valence electrons. The Morgan fingerprint density at radius 1 is 1.07 bits per heavy atom. The van der Waals surface area contributed by atoms with Gasteiger partial charge < -0.3 is 10.3 Å². The Hall–Kier alpha value is -3.98. The molecule has 5 N–H and O–H groups in total. The zero-order valence-electron chi connectivity index (χ0n) is 14.9. The molecule has 3 rings (SSSR count). The van der Waals surface area contributed by atoms with Gasteiger partial charge in [0, 0.05) is 17.4 Å². The molecule has 2 aromatic carbocycles. The van der Waals surface area contributed by atoms with Crippen LogP contribution >= 0.6 is 0 Å². The quantitative estimate of drug-likeness (QED) is 0.306. The first kappa shape index (κ1) is 18.8. The third kappa shape index (κ3) is 3.89. The van der Waals surface area contributed by atoms with Crippen LogP contribution in [0.4, 0.5) is 11.4 Å². The summed E-state index contributed by atoms with van der Waals surface area (Å²) in [5.74, 6) is 4.77. The molecule has 2 amide bonds. The van der Waals surface area contributed by atoms with Crippen LogP contribution in [0.1, 0.15) is 26.3 Å². The summed E-state index contributed by atoms with van der Waals surface area (Å²) >= 11 is 0. The molecular formula is C19H17N5O4. The van der Waals surface area contributed by atoms with E-state index < -0.39 is 23.1 Å². The van der Waals surface area contributed by atoms with Crippen molar-refractivity contribution in [1.82, 2.24) is 9.97 Å². The molecule has 9 heteroatoms. The monoisotopic (exact) mass is 379 g/mol. The first-order chi connectivity index (χ1) is 13.4. The minimum Gasteiger partial charge on any atom is -0.322 e. The third-order valence-electron chi connectivity index (χ3n) is 4.03. The van der Waals surface area contributed by atoms with Gasteiger partial charge in [0.15, 0.2) is 0 Å². The number of carbonyl (C=O) groups is 2. The molecule has 0 unspecified atom stereocenters. The third-order valence-corrected chi connectivity index (χ3v) is 4.03. The van der Waals surface area contributed by atoms with E-state index in [4.69, 9.17) is 5.84 Å². The van der Waals surface area contributed by atoms with E-state index in [1.165, 1.54) is 6.07 Å². The largest absolute Gasteiger partial charge is 0.325 e. The lowest BCUT2D eigenvalue weighted by Gasteiger charge is -2.19. The van der Waals surface area contributed by atoms with Crippen LogP contribution in [0.3, 0.4) is 0 Å². The van der Waals surface area contributed by atoms with Crippen molar-refractivity contribution < 1.29 is 9.59 Å². The van der Waals surface area contributed by atoms with Crippen molar-refractivity contribution in [2.24, 2.45) is 5.84 Å². The Labute approximate surface area is 158 Å². The summed E-state index contributed by atoms with van der Waals surface area (Å²) in [6.45, 7) is 1.83. The van der Waals surface area contributed by atoms with Crippen LogP contribution in [0.25, 0.3) is 0 Å². The van der Waals surface area contributed by atoms with E-state index >= 15 is 0 Å². The lowest BCUT2D eigenvalue weighted by molar-refractivity contribution is 0.0984. The lowest BCUT2D eigenvalue weighted by Crippen LogP contribution is -2.38. The highest BCUT2D eigenvalue weighted by Gasteiger charge is 2.17. The number of nitrogens with one attached hydrogen (secondary N) is 3. The fourth-order valence-electron chi connectivity index (χ4n) is 2.59. The number of hydrazine groups is 1. The maximum atomic E-state index is 12.7. The standard InChI is InChI=1S/C19H17N5O4/c1-11-5-2-3-8-15(11)24(20)18(27)12-6-4-7-13(9-12)22-16(25)14-10-21-19(28)23-17(14)26/h2-10H,20H2,1H3,(H,22,25)(H2,21,23,26,28). The highest BCUT2D eigenvalue weighted by atomic mass is 16.2. The first-order valence-electron chi connectivity index (χ1n) is 8.25. The molecule has 28 heavy (non-hydrogen) atoms. The van der Waals surface area contributed by atoms with Gasteiger partial charge in [-0.3, -0.25) is 19.4 Å². The fourth-order valence-corrected chi connectivity index (χ4v) is 2.59. The highest BCUT2D eigenvalue weighted by Crippen LogP contribution is 2.20. The molecular weight excluding hydrogens is 362 g/mol. The number of aromatic nitrogens is 2. The molecule has 0 aliphatic carbocycles. The van der Waals surface area contributed by atoms with E-state index in [0.29, 0.717) is 11.4 Å². The van der Waals surface area contributed by atoms with E-state index in [-0.39, 0.29) is 11.1 Å². The molecule has 0 aliphatic rings. The van der Waals surface area contributed by atoms with Gasteiger partial charge in [-0.1, -0.05) is 24.3 Å². The van der Waals surface area contributed by atoms with Gasteiger partial charge in [-0.2, -0.15) is 0 Å². The Balaban J connectivity index is 1.83.